The van der Waals surface area contributed by atoms with Crippen molar-refractivity contribution in [2.24, 2.45) is 17.4 Å². The zero-order chi connectivity index (χ0) is 22.6. The standard InChI is InChI=1S/C18H36N6O5/c1-11(2)13(19)15(26)24-12(7-6-8-22-16(20)27)14(25)21-9-10-23-17(28)29-18(3,4)5/h11-13H,6-10,19H2,1-5H3,(H,21,25)(H,23,28)(H,24,26)(H3,20,22,27)/t12-,13-/m0/s1. The molecule has 11 heteroatoms. The van der Waals surface area contributed by atoms with Gasteiger partial charge in [-0.05, 0) is 39.5 Å². The molecule has 8 N–H and O–H groups in total. The van der Waals surface area contributed by atoms with Gasteiger partial charge in [-0.1, -0.05) is 13.8 Å². The van der Waals surface area contributed by atoms with Crippen LogP contribution in [0.5, 0.6) is 0 Å². The molecule has 0 rings (SSSR count). The van der Waals surface area contributed by atoms with Crippen LogP contribution in [-0.4, -0.2) is 61.3 Å². The molecule has 0 unspecified atom stereocenters. The third-order valence-corrected chi connectivity index (χ3v) is 3.72. The Labute approximate surface area is 172 Å². The van der Waals surface area contributed by atoms with Crippen molar-refractivity contribution in [3.8, 4) is 0 Å². The number of nitrogens with one attached hydrogen (secondary N) is 4. The van der Waals surface area contributed by atoms with Crippen LogP contribution >= 0.6 is 0 Å². The zero-order valence-electron chi connectivity index (χ0n) is 18.0. The fourth-order valence-electron chi connectivity index (χ4n) is 2.14. The summed E-state index contributed by atoms with van der Waals surface area (Å²) >= 11 is 0. The molecule has 0 aliphatic rings. The maximum atomic E-state index is 12.5. The van der Waals surface area contributed by atoms with Gasteiger partial charge in [-0.2, -0.15) is 0 Å². The second-order valence-corrected chi connectivity index (χ2v) is 7.98. The van der Waals surface area contributed by atoms with E-state index in [9.17, 15) is 19.2 Å². The molecule has 11 nitrogen and oxygen atoms in total. The first kappa shape index (κ1) is 26.4. The molecule has 168 valence electrons. The van der Waals surface area contributed by atoms with E-state index in [0.717, 1.165) is 0 Å². The molecule has 0 aliphatic carbocycles. The first-order valence-corrected chi connectivity index (χ1v) is 9.67. The molecule has 0 saturated carbocycles. The van der Waals surface area contributed by atoms with E-state index >= 15 is 0 Å². The SMILES string of the molecule is CC(C)[C@H](N)C(=O)N[C@@H](CCCNC(N)=O)C(=O)NCCNC(=O)OC(C)(C)C. The normalized spacial score (nSPS) is 13.2. The molecular formula is C18H36N6O5. The summed E-state index contributed by atoms with van der Waals surface area (Å²) in [4.78, 5) is 47.0. The number of carbonyl (C=O) groups is 4. The number of hydrogen-bond donors (Lipinski definition) is 6. The second kappa shape index (κ2) is 12.8. The minimum absolute atomic E-state index is 0.0896. The first-order chi connectivity index (χ1) is 13.3. The minimum atomic E-state index is -0.830. The van der Waals surface area contributed by atoms with Gasteiger partial charge in [-0.25, -0.2) is 9.59 Å². The molecule has 0 bridgehead atoms. The van der Waals surface area contributed by atoms with Crippen molar-refractivity contribution in [1.82, 2.24) is 21.3 Å². The van der Waals surface area contributed by atoms with Crippen molar-refractivity contribution in [2.45, 2.75) is 65.1 Å². The van der Waals surface area contributed by atoms with Crippen molar-refractivity contribution in [1.29, 1.82) is 0 Å². The van der Waals surface area contributed by atoms with Crippen LogP contribution in [0, 0.1) is 5.92 Å². The van der Waals surface area contributed by atoms with Gasteiger partial charge < -0.3 is 37.5 Å². The fourth-order valence-corrected chi connectivity index (χ4v) is 2.14. The number of hydrogen-bond acceptors (Lipinski definition) is 6. The summed E-state index contributed by atoms with van der Waals surface area (Å²) < 4.78 is 5.10. The van der Waals surface area contributed by atoms with Gasteiger partial charge in [0.15, 0.2) is 0 Å². The summed E-state index contributed by atoms with van der Waals surface area (Å²) in [5.41, 5.74) is 10.2. The Bertz CT molecular complexity index is 561. The second-order valence-electron chi connectivity index (χ2n) is 7.98. The molecule has 0 aromatic rings. The lowest BCUT2D eigenvalue weighted by Gasteiger charge is -2.22. The van der Waals surface area contributed by atoms with Crippen molar-refractivity contribution in [2.75, 3.05) is 19.6 Å². The predicted molar refractivity (Wildman–Crippen MR) is 109 cm³/mol. The highest BCUT2D eigenvalue weighted by Crippen LogP contribution is 2.06. The van der Waals surface area contributed by atoms with Gasteiger partial charge >= 0.3 is 12.1 Å². The van der Waals surface area contributed by atoms with E-state index in [2.05, 4.69) is 21.3 Å². The first-order valence-electron chi connectivity index (χ1n) is 9.67. The quantitative estimate of drug-likeness (QED) is 0.248. The van der Waals surface area contributed by atoms with Gasteiger partial charge in [0.1, 0.15) is 11.6 Å². The summed E-state index contributed by atoms with van der Waals surface area (Å²) in [5, 5.41) is 10.2. The van der Waals surface area contributed by atoms with Crippen LogP contribution in [0.4, 0.5) is 9.59 Å². The Kier molecular flexibility index (Phi) is 11.7. The highest BCUT2D eigenvalue weighted by Gasteiger charge is 2.25. The highest BCUT2D eigenvalue weighted by atomic mass is 16.6. The van der Waals surface area contributed by atoms with E-state index in [4.69, 9.17) is 16.2 Å². The third kappa shape index (κ3) is 13.3. The predicted octanol–water partition coefficient (Wildman–Crippen LogP) is -0.456. The number of urea groups is 1. The molecular weight excluding hydrogens is 380 g/mol. The number of carbonyl (C=O) groups excluding carboxylic acids is 4. The van der Waals surface area contributed by atoms with Gasteiger partial charge in [0, 0.05) is 19.6 Å². The molecule has 2 atom stereocenters. The van der Waals surface area contributed by atoms with Crippen LogP contribution in [0.1, 0.15) is 47.5 Å². The van der Waals surface area contributed by atoms with Crippen LogP contribution in [0.15, 0.2) is 0 Å². The van der Waals surface area contributed by atoms with Gasteiger partial charge in [0.05, 0.1) is 6.04 Å². The summed E-state index contributed by atoms with van der Waals surface area (Å²) in [5.74, 6) is -0.942. The number of alkyl carbamates (subject to hydrolysis) is 1. The van der Waals surface area contributed by atoms with E-state index in [1.165, 1.54) is 0 Å². The lowest BCUT2D eigenvalue weighted by atomic mass is 10.0. The topological polar surface area (TPSA) is 178 Å². The van der Waals surface area contributed by atoms with Crippen LogP contribution in [-0.2, 0) is 14.3 Å². The Balaban J connectivity index is 4.60. The summed E-state index contributed by atoms with van der Waals surface area (Å²) in [7, 11) is 0. The van der Waals surface area contributed by atoms with Crippen molar-refractivity contribution in [3.63, 3.8) is 0 Å². The third-order valence-electron chi connectivity index (χ3n) is 3.72. The van der Waals surface area contributed by atoms with E-state index in [0.29, 0.717) is 6.42 Å². The molecule has 0 spiro atoms. The molecule has 0 aliphatic heterocycles. The van der Waals surface area contributed by atoms with Gasteiger partial charge in [0.25, 0.3) is 0 Å². The highest BCUT2D eigenvalue weighted by molar-refractivity contribution is 5.89. The van der Waals surface area contributed by atoms with E-state index in [-0.39, 0.29) is 32.0 Å². The number of ether oxygens (including phenoxy) is 1. The average Bonchev–Trinajstić information content (AvgIpc) is 2.58. The molecule has 0 aromatic carbocycles. The maximum Gasteiger partial charge on any atom is 0.407 e. The van der Waals surface area contributed by atoms with Crippen molar-refractivity contribution < 1.29 is 23.9 Å². The monoisotopic (exact) mass is 416 g/mol. The average molecular weight is 417 g/mol. The zero-order valence-corrected chi connectivity index (χ0v) is 18.0. The van der Waals surface area contributed by atoms with E-state index in [1.807, 2.05) is 0 Å². The molecule has 0 saturated heterocycles. The Morgan fingerprint density at radius 2 is 1.52 bits per heavy atom. The van der Waals surface area contributed by atoms with Crippen molar-refractivity contribution in [3.05, 3.63) is 0 Å². The molecule has 0 radical (unpaired) electrons. The summed E-state index contributed by atoms with van der Waals surface area (Å²) in [6.07, 6.45) is 0.119. The van der Waals surface area contributed by atoms with Gasteiger partial charge in [-0.15, -0.1) is 0 Å². The number of rotatable bonds is 11. The number of amides is 5. The van der Waals surface area contributed by atoms with Crippen LogP contribution in [0.25, 0.3) is 0 Å². The summed E-state index contributed by atoms with van der Waals surface area (Å²) in [6, 6.07) is -2.24. The molecule has 29 heavy (non-hydrogen) atoms. The lowest BCUT2D eigenvalue weighted by molar-refractivity contribution is -0.130. The lowest BCUT2D eigenvalue weighted by Crippen LogP contribution is -2.53. The van der Waals surface area contributed by atoms with E-state index < -0.39 is 41.6 Å². The Morgan fingerprint density at radius 3 is 2.03 bits per heavy atom. The molecule has 5 amide bonds. The van der Waals surface area contributed by atoms with Crippen LogP contribution in [0.3, 0.4) is 0 Å². The molecule has 0 aromatic heterocycles. The molecule has 0 heterocycles. The Morgan fingerprint density at radius 1 is 0.931 bits per heavy atom. The number of primary amides is 1. The van der Waals surface area contributed by atoms with Crippen molar-refractivity contribution >= 4 is 23.9 Å². The Hall–Kier alpha value is -2.56. The molecule has 0 fully saturated rings. The minimum Gasteiger partial charge on any atom is -0.444 e. The van der Waals surface area contributed by atoms with Gasteiger partial charge in [0.2, 0.25) is 11.8 Å². The van der Waals surface area contributed by atoms with Gasteiger partial charge in [-0.3, -0.25) is 9.59 Å². The smallest absolute Gasteiger partial charge is 0.407 e. The fraction of sp³-hybridized carbons (Fsp3) is 0.778. The van der Waals surface area contributed by atoms with Crippen LogP contribution in [0.2, 0.25) is 0 Å². The summed E-state index contributed by atoms with van der Waals surface area (Å²) in [6.45, 7) is 9.43. The maximum absolute atomic E-state index is 12.5. The van der Waals surface area contributed by atoms with E-state index in [1.54, 1.807) is 34.6 Å². The largest absolute Gasteiger partial charge is 0.444 e. The number of nitrogens with two attached hydrogens (primary N) is 2. The van der Waals surface area contributed by atoms with Crippen LogP contribution < -0.4 is 32.7 Å².